The van der Waals surface area contributed by atoms with Crippen molar-refractivity contribution in [1.29, 1.82) is 0 Å². The second-order valence-electron chi connectivity index (χ2n) is 11.7. The average molecular weight is 552 g/mol. The number of halogens is 2. The number of pyridine rings is 1. The van der Waals surface area contributed by atoms with Gasteiger partial charge in [-0.25, -0.2) is 4.39 Å². The Morgan fingerprint density at radius 2 is 1.85 bits per heavy atom. The topological polar surface area (TPSA) is 85.7 Å². The highest BCUT2D eigenvalue weighted by Crippen LogP contribution is 2.40. The highest BCUT2D eigenvalue weighted by atomic mass is 35.5. The smallest absolute Gasteiger partial charge is 0.170 e. The van der Waals surface area contributed by atoms with Crippen molar-refractivity contribution in [3.63, 3.8) is 0 Å². The first-order valence-electron chi connectivity index (χ1n) is 14.1. The third kappa shape index (κ3) is 5.63. The number of hydrogen-bond acceptors (Lipinski definition) is 6. The summed E-state index contributed by atoms with van der Waals surface area (Å²) in [4.78, 5) is 20.4. The minimum absolute atomic E-state index is 0.0446. The zero-order valence-corrected chi connectivity index (χ0v) is 22.8. The van der Waals surface area contributed by atoms with Gasteiger partial charge in [-0.05, 0) is 98.7 Å². The third-order valence-corrected chi connectivity index (χ3v) is 9.06. The molecule has 0 amide bonds. The zero-order chi connectivity index (χ0) is 27.1. The van der Waals surface area contributed by atoms with Gasteiger partial charge in [-0.15, -0.1) is 0 Å². The highest BCUT2D eigenvalue weighted by molar-refractivity contribution is 6.32. The molecule has 0 bridgehead atoms. The van der Waals surface area contributed by atoms with Crippen molar-refractivity contribution in [2.75, 3.05) is 31.6 Å². The van der Waals surface area contributed by atoms with E-state index in [1.54, 1.807) is 12.3 Å². The van der Waals surface area contributed by atoms with Crippen LogP contribution in [0.1, 0.15) is 55.3 Å². The summed E-state index contributed by atoms with van der Waals surface area (Å²) in [5, 5.41) is 23.8. The lowest BCUT2D eigenvalue weighted by Gasteiger charge is -2.32. The summed E-state index contributed by atoms with van der Waals surface area (Å²) in [5.41, 5.74) is 3.50. The lowest BCUT2D eigenvalue weighted by Crippen LogP contribution is -2.33. The van der Waals surface area contributed by atoms with Crippen LogP contribution in [0.4, 0.5) is 10.1 Å². The maximum absolute atomic E-state index is 14.3. The van der Waals surface area contributed by atoms with Crippen LogP contribution in [0.2, 0.25) is 5.02 Å². The number of likely N-dealkylation sites (tertiary alicyclic amines) is 1. The zero-order valence-electron chi connectivity index (χ0n) is 22.0. The molecule has 206 valence electrons. The molecule has 2 saturated carbocycles. The molecule has 1 saturated heterocycles. The van der Waals surface area contributed by atoms with Crippen molar-refractivity contribution < 1.29 is 19.4 Å². The Bertz CT molecular complexity index is 1360. The number of aliphatic hydroxyl groups is 1. The number of nitrogens with one attached hydrogen (secondary N) is 1. The number of carbonyl (C=O) groups is 1. The van der Waals surface area contributed by atoms with E-state index in [-0.39, 0.29) is 29.4 Å². The highest BCUT2D eigenvalue weighted by Gasteiger charge is 2.33. The second kappa shape index (κ2) is 11.0. The van der Waals surface area contributed by atoms with Crippen LogP contribution in [-0.2, 0) is 0 Å². The van der Waals surface area contributed by atoms with Crippen LogP contribution in [0.5, 0.6) is 5.75 Å². The maximum Gasteiger partial charge on any atom is 0.170 e. The molecule has 0 spiro atoms. The third-order valence-electron chi connectivity index (χ3n) is 8.77. The van der Waals surface area contributed by atoms with Gasteiger partial charge >= 0.3 is 0 Å². The number of aromatic hydroxyl groups is 1. The summed E-state index contributed by atoms with van der Waals surface area (Å²) in [6.07, 6.45) is 8.94. The van der Waals surface area contributed by atoms with Gasteiger partial charge in [-0.3, -0.25) is 9.78 Å². The number of ketones is 1. The first kappa shape index (κ1) is 26.5. The van der Waals surface area contributed by atoms with Gasteiger partial charge in [-0.2, -0.15) is 0 Å². The summed E-state index contributed by atoms with van der Waals surface area (Å²) in [6.45, 7) is 3.47. The summed E-state index contributed by atoms with van der Waals surface area (Å²) in [5.74, 6) is -0.0538. The fraction of sp³-hybridized carbons (Fsp3) is 0.484. The fourth-order valence-corrected chi connectivity index (χ4v) is 6.51. The molecule has 39 heavy (non-hydrogen) atoms. The molecule has 1 unspecified atom stereocenters. The monoisotopic (exact) mass is 551 g/mol. The van der Waals surface area contributed by atoms with Gasteiger partial charge in [0.2, 0.25) is 0 Å². The lowest BCUT2D eigenvalue weighted by atomic mass is 9.85. The van der Waals surface area contributed by atoms with E-state index in [0.29, 0.717) is 23.0 Å². The number of fused-ring (bicyclic) bond motifs is 1. The Hall–Kier alpha value is -2.74. The standard InChI is InChI=1S/C31H35ClFN3O3/c32-26-12-22(13-27(33)31(26)39)21-5-8-28-24(11-21)29(25(14-34-28)30(38)20-3-4-20)35-23-6-1-18(2-7-23)15-36-10-9-19(16-36)17-37/h5,8,11-14,18-20,23,37,39H,1-4,6-7,9-10,15-17H2,(H,34,35)/t18-,19?,23-. The van der Waals surface area contributed by atoms with Gasteiger partial charge in [-0.1, -0.05) is 17.7 Å². The number of rotatable bonds is 8. The van der Waals surface area contributed by atoms with E-state index in [0.717, 1.165) is 86.7 Å². The number of carbonyl (C=O) groups excluding carboxylic acids is 1. The average Bonchev–Trinajstić information content (AvgIpc) is 3.70. The summed E-state index contributed by atoms with van der Waals surface area (Å²) < 4.78 is 14.3. The van der Waals surface area contributed by atoms with E-state index in [1.165, 1.54) is 6.07 Å². The quantitative estimate of drug-likeness (QED) is 0.286. The molecule has 0 radical (unpaired) electrons. The molecule has 3 aliphatic rings. The molecule has 8 heteroatoms. The molecular weight excluding hydrogens is 517 g/mol. The van der Waals surface area contributed by atoms with E-state index in [2.05, 4.69) is 15.2 Å². The van der Waals surface area contributed by atoms with Crippen molar-refractivity contribution in [1.82, 2.24) is 9.88 Å². The van der Waals surface area contributed by atoms with Gasteiger partial charge in [0.05, 0.1) is 21.8 Å². The Balaban J connectivity index is 1.26. The predicted molar refractivity (Wildman–Crippen MR) is 152 cm³/mol. The number of hydrogen-bond donors (Lipinski definition) is 3. The molecule has 3 N–H and O–H groups in total. The normalized spacial score (nSPS) is 23.8. The van der Waals surface area contributed by atoms with Gasteiger partial charge in [0.15, 0.2) is 17.3 Å². The largest absolute Gasteiger partial charge is 0.504 e. The molecule has 2 heterocycles. The molecule has 1 atom stereocenters. The molecule has 6 nitrogen and oxygen atoms in total. The van der Waals surface area contributed by atoms with Crippen LogP contribution in [0.25, 0.3) is 22.0 Å². The van der Waals surface area contributed by atoms with E-state index in [9.17, 15) is 19.4 Å². The molecule has 1 aromatic heterocycles. The van der Waals surface area contributed by atoms with Crippen molar-refractivity contribution in [2.24, 2.45) is 17.8 Å². The van der Waals surface area contributed by atoms with Crippen LogP contribution >= 0.6 is 11.6 Å². The molecule has 3 fully saturated rings. The number of phenols is 1. The van der Waals surface area contributed by atoms with E-state index in [1.807, 2.05) is 18.2 Å². The fourth-order valence-electron chi connectivity index (χ4n) is 6.30. The predicted octanol–water partition coefficient (Wildman–Crippen LogP) is 6.28. The van der Waals surface area contributed by atoms with Crippen LogP contribution in [0.3, 0.4) is 0 Å². The van der Waals surface area contributed by atoms with E-state index >= 15 is 0 Å². The molecule has 1 aliphatic heterocycles. The maximum atomic E-state index is 14.3. The summed E-state index contributed by atoms with van der Waals surface area (Å²) >= 11 is 6.06. The number of aliphatic hydroxyl groups excluding tert-OH is 1. The van der Waals surface area contributed by atoms with E-state index < -0.39 is 11.6 Å². The van der Waals surface area contributed by atoms with Crippen LogP contribution in [-0.4, -0.2) is 58.2 Å². The van der Waals surface area contributed by atoms with Crippen LogP contribution in [0, 0.1) is 23.6 Å². The molecule has 3 aromatic rings. The number of anilines is 1. The number of aromatic nitrogens is 1. The number of Topliss-reactive ketones (excluding diaryl/α,β-unsaturated/α-hetero) is 1. The number of nitrogens with zero attached hydrogens (tertiary/aromatic N) is 2. The first-order valence-corrected chi connectivity index (χ1v) is 14.5. The van der Waals surface area contributed by atoms with Crippen molar-refractivity contribution in [2.45, 2.75) is 51.0 Å². The Kier molecular flexibility index (Phi) is 7.49. The van der Waals surface area contributed by atoms with Crippen molar-refractivity contribution in [3.05, 3.63) is 52.9 Å². The minimum atomic E-state index is -0.774. The molecule has 2 aromatic carbocycles. The molecular formula is C31H35ClFN3O3. The van der Waals surface area contributed by atoms with Gasteiger partial charge in [0.25, 0.3) is 0 Å². The van der Waals surface area contributed by atoms with Gasteiger partial charge < -0.3 is 20.4 Å². The Morgan fingerprint density at radius 3 is 2.54 bits per heavy atom. The van der Waals surface area contributed by atoms with E-state index in [4.69, 9.17) is 11.6 Å². The number of phenolic OH excluding ortho intramolecular Hbond substituents is 1. The van der Waals surface area contributed by atoms with Gasteiger partial charge in [0, 0.05) is 43.2 Å². The SMILES string of the molecule is O=C(c1cnc2ccc(-c3cc(F)c(O)c(Cl)c3)cc2c1N[C@H]1CC[C@H](CN2CCC(CO)C2)CC1)C1CC1. The summed E-state index contributed by atoms with van der Waals surface area (Å²) in [7, 11) is 0. The van der Waals surface area contributed by atoms with Crippen LogP contribution in [0.15, 0.2) is 36.5 Å². The number of benzene rings is 2. The molecule has 6 rings (SSSR count). The first-order chi connectivity index (χ1) is 18.9. The minimum Gasteiger partial charge on any atom is -0.504 e. The lowest BCUT2D eigenvalue weighted by molar-refractivity contribution is 0.0968. The Labute approximate surface area is 233 Å². The van der Waals surface area contributed by atoms with Crippen molar-refractivity contribution >= 4 is 34.0 Å². The van der Waals surface area contributed by atoms with Crippen LogP contribution < -0.4 is 5.32 Å². The second-order valence-corrected chi connectivity index (χ2v) is 12.1. The Morgan fingerprint density at radius 1 is 1.05 bits per heavy atom. The van der Waals surface area contributed by atoms with Crippen molar-refractivity contribution in [3.8, 4) is 16.9 Å². The molecule has 2 aliphatic carbocycles. The van der Waals surface area contributed by atoms with Gasteiger partial charge in [0.1, 0.15) is 0 Å². The summed E-state index contributed by atoms with van der Waals surface area (Å²) in [6, 6.07) is 8.75.